The molecule has 0 amide bonds. The zero-order chi connectivity index (χ0) is 11.1. The molecule has 2 nitrogen and oxygen atoms in total. The Morgan fingerprint density at radius 3 is 2.53 bits per heavy atom. The van der Waals surface area contributed by atoms with E-state index in [1.807, 2.05) is 0 Å². The van der Waals surface area contributed by atoms with Crippen molar-refractivity contribution in [3.05, 3.63) is 0 Å². The second-order valence-electron chi connectivity index (χ2n) is 6.41. The predicted molar refractivity (Wildman–Crippen MR) is 64.8 cm³/mol. The second-order valence-corrected chi connectivity index (χ2v) is 6.41. The molecular weight excluding hydrogens is 184 g/mol. The fraction of sp³-hybridized carbons (Fsp3) is 1.00. The average Bonchev–Trinajstić information content (AvgIpc) is 2.15. The minimum Gasteiger partial charge on any atom is -0.328 e. The van der Waals surface area contributed by atoms with Gasteiger partial charge in [0, 0.05) is 17.6 Å². The van der Waals surface area contributed by atoms with E-state index in [0.29, 0.717) is 11.6 Å². The van der Waals surface area contributed by atoms with Gasteiger partial charge >= 0.3 is 0 Å². The number of nitrogens with two attached hydrogens (primary N) is 1. The lowest BCUT2D eigenvalue weighted by Gasteiger charge is -2.51. The number of fused-ring (bicyclic) bond motifs is 1. The first-order chi connectivity index (χ1) is 6.98. The van der Waals surface area contributed by atoms with E-state index >= 15 is 0 Å². The van der Waals surface area contributed by atoms with Gasteiger partial charge in [0.1, 0.15) is 0 Å². The summed E-state index contributed by atoms with van der Waals surface area (Å²) in [7, 11) is 0. The Morgan fingerprint density at radius 1 is 1.13 bits per heavy atom. The largest absolute Gasteiger partial charge is 0.328 e. The molecule has 2 heteroatoms. The van der Waals surface area contributed by atoms with Crippen LogP contribution in [0.1, 0.15) is 52.9 Å². The lowest BCUT2D eigenvalue weighted by Crippen LogP contribution is -2.57. The van der Waals surface area contributed by atoms with E-state index < -0.39 is 0 Å². The molecule has 1 aliphatic carbocycles. The van der Waals surface area contributed by atoms with Gasteiger partial charge in [-0.2, -0.15) is 0 Å². The van der Waals surface area contributed by atoms with Crippen molar-refractivity contribution in [2.75, 3.05) is 6.54 Å². The van der Waals surface area contributed by atoms with Crippen LogP contribution in [-0.4, -0.2) is 29.1 Å². The fourth-order valence-corrected chi connectivity index (χ4v) is 3.48. The number of piperidine rings is 1. The molecule has 0 aromatic rings. The topological polar surface area (TPSA) is 29.3 Å². The van der Waals surface area contributed by atoms with Gasteiger partial charge in [0.25, 0.3) is 0 Å². The summed E-state index contributed by atoms with van der Waals surface area (Å²) in [5.41, 5.74) is 6.44. The van der Waals surface area contributed by atoms with Crippen LogP contribution in [0.4, 0.5) is 0 Å². The Balaban J connectivity index is 2.11. The second kappa shape index (κ2) is 4.06. The lowest BCUT2D eigenvalue weighted by atomic mass is 9.75. The summed E-state index contributed by atoms with van der Waals surface area (Å²) in [4.78, 5) is 2.71. The van der Waals surface area contributed by atoms with Crippen molar-refractivity contribution in [3.63, 3.8) is 0 Å². The highest BCUT2D eigenvalue weighted by Crippen LogP contribution is 2.38. The molecule has 0 radical (unpaired) electrons. The van der Waals surface area contributed by atoms with Gasteiger partial charge in [-0.05, 0) is 65.3 Å². The molecule has 2 N–H and O–H groups in total. The van der Waals surface area contributed by atoms with E-state index in [2.05, 4.69) is 25.7 Å². The smallest absolute Gasteiger partial charge is 0.0143 e. The molecule has 3 unspecified atom stereocenters. The van der Waals surface area contributed by atoms with Crippen LogP contribution in [0.15, 0.2) is 0 Å². The van der Waals surface area contributed by atoms with Gasteiger partial charge in [-0.15, -0.1) is 0 Å². The molecule has 2 rings (SSSR count). The fourth-order valence-electron chi connectivity index (χ4n) is 3.48. The minimum absolute atomic E-state index is 0.320. The molecule has 1 saturated heterocycles. The van der Waals surface area contributed by atoms with Crippen LogP contribution in [0, 0.1) is 5.92 Å². The molecule has 88 valence electrons. The van der Waals surface area contributed by atoms with Crippen molar-refractivity contribution in [3.8, 4) is 0 Å². The van der Waals surface area contributed by atoms with Crippen LogP contribution in [0.3, 0.4) is 0 Å². The molecule has 0 aromatic heterocycles. The highest BCUT2D eigenvalue weighted by molar-refractivity contribution is 4.95. The van der Waals surface area contributed by atoms with Gasteiger partial charge in [0.15, 0.2) is 0 Å². The molecular formula is C13H26N2. The van der Waals surface area contributed by atoms with Crippen molar-refractivity contribution in [2.45, 2.75) is 70.5 Å². The normalized spacial score (nSPS) is 38.8. The van der Waals surface area contributed by atoms with Crippen molar-refractivity contribution >= 4 is 0 Å². The molecule has 0 bridgehead atoms. The highest BCUT2D eigenvalue weighted by atomic mass is 15.2. The molecule has 15 heavy (non-hydrogen) atoms. The van der Waals surface area contributed by atoms with E-state index in [9.17, 15) is 0 Å². The Labute approximate surface area is 94.2 Å². The van der Waals surface area contributed by atoms with Crippen molar-refractivity contribution in [2.24, 2.45) is 11.7 Å². The third-order valence-corrected chi connectivity index (χ3v) is 4.23. The van der Waals surface area contributed by atoms with Gasteiger partial charge in [-0.25, -0.2) is 0 Å². The summed E-state index contributed by atoms with van der Waals surface area (Å²) in [6.45, 7) is 8.30. The number of rotatable bonds is 0. The number of likely N-dealkylation sites (tertiary alicyclic amines) is 1. The Morgan fingerprint density at radius 2 is 1.87 bits per heavy atom. The minimum atomic E-state index is 0.320. The maximum atomic E-state index is 6.12. The number of nitrogens with zero attached hydrogens (tertiary/aromatic N) is 1. The summed E-state index contributed by atoms with van der Waals surface area (Å²) in [5, 5.41) is 0. The first-order valence-electron chi connectivity index (χ1n) is 6.51. The Kier molecular flexibility index (Phi) is 3.09. The molecule has 2 fully saturated rings. The van der Waals surface area contributed by atoms with Crippen LogP contribution in [0.2, 0.25) is 0 Å². The summed E-state index contributed by atoms with van der Waals surface area (Å²) in [6, 6.07) is 1.22. The third kappa shape index (κ3) is 2.36. The van der Waals surface area contributed by atoms with E-state index in [1.54, 1.807) is 0 Å². The Bertz CT molecular complexity index is 219. The molecule has 1 aliphatic heterocycles. The van der Waals surface area contributed by atoms with E-state index in [4.69, 9.17) is 5.73 Å². The zero-order valence-corrected chi connectivity index (χ0v) is 10.5. The van der Waals surface area contributed by atoms with Gasteiger partial charge < -0.3 is 5.73 Å². The first-order valence-corrected chi connectivity index (χ1v) is 6.51. The monoisotopic (exact) mass is 210 g/mol. The quantitative estimate of drug-likeness (QED) is 0.665. The van der Waals surface area contributed by atoms with Crippen LogP contribution in [0.5, 0.6) is 0 Å². The van der Waals surface area contributed by atoms with Gasteiger partial charge in [-0.1, -0.05) is 0 Å². The van der Waals surface area contributed by atoms with Crippen molar-refractivity contribution in [1.29, 1.82) is 0 Å². The van der Waals surface area contributed by atoms with Crippen molar-refractivity contribution in [1.82, 2.24) is 4.90 Å². The number of hydrogen-bond donors (Lipinski definition) is 1. The first kappa shape index (κ1) is 11.4. The van der Waals surface area contributed by atoms with Gasteiger partial charge in [-0.3, -0.25) is 4.90 Å². The van der Waals surface area contributed by atoms with Crippen LogP contribution in [0.25, 0.3) is 0 Å². The van der Waals surface area contributed by atoms with Crippen LogP contribution >= 0.6 is 0 Å². The van der Waals surface area contributed by atoms with E-state index in [0.717, 1.165) is 12.0 Å². The zero-order valence-electron chi connectivity index (χ0n) is 10.5. The molecule has 2 aliphatic rings. The molecule has 0 spiro atoms. The predicted octanol–water partition coefficient (Wildman–Crippen LogP) is 2.38. The SMILES string of the molecule is CC(C)(C)N1CCCC2CCC(N)CC21. The molecule has 0 aromatic carbocycles. The third-order valence-electron chi connectivity index (χ3n) is 4.23. The van der Waals surface area contributed by atoms with Crippen LogP contribution < -0.4 is 5.73 Å². The van der Waals surface area contributed by atoms with Crippen LogP contribution in [-0.2, 0) is 0 Å². The molecule has 1 saturated carbocycles. The standard InChI is InChI=1S/C13H26N2/c1-13(2,3)15-8-4-5-10-6-7-11(14)9-12(10)15/h10-12H,4-9,14H2,1-3H3. The number of hydrogen-bond acceptors (Lipinski definition) is 2. The summed E-state index contributed by atoms with van der Waals surface area (Å²) < 4.78 is 0. The van der Waals surface area contributed by atoms with Gasteiger partial charge in [0.05, 0.1) is 0 Å². The summed E-state index contributed by atoms with van der Waals surface area (Å²) in [5.74, 6) is 0.928. The summed E-state index contributed by atoms with van der Waals surface area (Å²) >= 11 is 0. The Hall–Kier alpha value is -0.0800. The van der Waals surface area contributed by atoms with Crippen molar-refractivity contribution < 1.29 is 0 Å². The highest BCUT2D eigenvalue weighted by Gasteiger charge is 2.39. The molecule has 3 atom stereocenters. The lowest BCUT2D eigenvalue weighted by molar-refractivity contribution is -0.00871. The average molecular weight is 210 g/mol. The maximum absolute atomic E-state index is 6.12. The summed E-state index contributed by atoms with van der Waals surface area (Å²) in [6.07, 6.45) is 6.65. The van der Waals surface area contributed by atoms with E-state index in [1.165, 1.54) is 38.6 Å². The van der Waals surface area contributed by atoms with Gasteiger partial charge in [0.2, 0.25) is 0 Å². The van der Waals surface area contributed by atoms with E-state index in [-0.39, 0.29) is 0 Å². The molecule has 1 heterocycles. The maximum Gasteiger partial charge on any atom is 0.0143 e.